The lowest BCUT2D eigenvalue weighted by molar-refractivity contribution is -0.163. The van der Waals surface area contributed by atoms with Crippen molar-refractivity contribution in [3.63, 3.8) is 0 Å². The fourth-order valence-electron chi connectivity index (χ4n) is 4.19. The fourth-order valence-corrected chi connectivity index (χ4v) is 4.56. The molecule has 0 aromatic heterocycles. The molecule has 0 amide bonds. The number of benzene rings is 1. The first kappa shape index (κ1) is 16.4. The monoisotopic (exact) mass is 378 g/mol. The van der Waals surface area contributed by atoms with Gasteiger partial charge in [-0.15, -0.1) is 0 Å². The molecule has 1 aromatic carbocycles. The van der Waals surface area contributed by atoms with Crippen molar-refractivity contribution in [2.24, 2.45) is 10.8 Å². The van der Waals surface area contributed by atoms with Gasteiger partial charge in [0.05, 0.1) is 7.11 Å². The average molecular weight is 379 g/mol. The van der Waals surface area contributed by atoms with E-state index in [1.54, 1.807) is 0 Å². The second-order valence-electron chi connectivity index (χ2n) is 6.61. The maximum atomic E-state index is 13.1. The number of hydrogen-bond donors (Lipinski definition) is 0. The van der Waals surface area contributed by atoms with E-state index in [1.165, 1.54) is 7.11 Å². The summed E-state index contributed by atoms with van der Waals surface area (Å²) in [5.74, 6) is -0.542. The van der Waals surface area contributed by atoms with Gasteiger partial charge in [0.25, 0.3) is 0 Å². The van der Waals surface area contributed by atoms with Crippen molar-refractivity contribution in [2.45, 2.75) is 39.0 Å². The number of fused-ring (bicyclic) bond motifs is 1. The van der Waals surface area contributed by atoms with Crippen LogP contribution in [0.2, 0.25) is 0 Å². The number of ether oxygens (including phenoxy) is 1. The number of carbonyl (C=O) groups is 3. The van der Waals surface area contributed by atoms with Gasteiger partial charge in [-0.2, -0.15) is 0 Å². The van der Waals surface area contributed by atoms with Gasteiger partial charge in [-0.1, -0.05) is 28.9 Å². The molecule has 2 aliphatic carbocycles. The molecule has 0 N–H and O–H groups in total. The van der Waals surface area contributed by atoms with Crippen molar-refractivity contribution in [1.29, 1.82) is 0 Å². The topological polar surface area (TPSA) is 60.4 Å². The number of esters is 1. The van der Waals surface area contributed by atoms with Gasteiger partial charge < -0.3 is 4.74 Å². The maximum Gasteiger partial charge on any atom is 0.319 e. The van der Waals surface area contributed by atoms with Gasteiger partial charge in [0, 0.05) is 21.9 Å². The first-order valence-corrected chi connectivity index (χ1v) is 8.63. The number of rotatable bonds is 2. The third-order valence-electron chi connectivity index (χ3n) is 5.51. The zero-order chi connectivity index (χ0) is 16.8. The molecule has 1 unspecified atom stereocenters. The van der Waals surface area contributed by atoms with E-state index in [-0.39, 0.29) is 24.4 Å². The number of methoxy groups -OCH3 is 1. The Labute approximate surface area is 143 Å². The first-order valence-electron chi connectivity index (χ1n) is 7.83. The molecule has 1 aromatic rings. The maximum absolute atomic E-state index is 13.1. The zero-order valence-electron chi connectivity index (χ0n) is 13.3. The highest BCUT2D eigenvalue weighted by atomic mass is 79.9. The van der Waals surface area contributed by atoms with Gasteiger partial charge in [0.15, 0.2) is 5.78 Å². The van der Waals surface area contributed by atoms with E-state index in [9.17, 15) is 14.4 Å². The van der Waals surface area contributed by atoms with Crippen LogP contribution in [0, 0.1) is 10.8 Å². The summed E-state index contributed by atoms with van der Waals surface area (Å²) >= 11 is 3.40. The molecule has 2 aliphatic rings. The van der Waals surface area contributed by atoms with Crippen molar-refractivity contribution >= 4 is 33.5 Å². The third kappa shape index (κ3) is 2.28. The summed E-state index contributed by atoms with van der Waals surface area (Å²) < 4.78 is 5.77. The number of ketones is 2. The second kappa shape index (κ2) is 5.55. The number of halogens is 1. The summed E-state index contributed by atoms with van der Waals surface area (Å²) in [6, 6.07) is 5.72. The molecule has 0 aliphatic heterocycles. The fraction of sp³-hybridized carbons (Fsp3) is 0.500. The molecule has 4 nitrogen and oxygen atoms in total. The lowest BCUT2D eigenvalue weighted by atomic mass is 9.58. The Balaban J connectivity index is 2.03. The Hall–Kier alpha value is -1.49. The van der Waals surface area contributed by atoms with Gasteiger partial charge >= 0.3 is 5.97 Å². The van der Waals surface area contributed by atoms with Crippen molar-refractivity contribution in [3.05, 3.63) is 33.8 Å². The molecule has 1 saturated carbocycles. The summed E-state index contributed by atoms with van der Waals surface area (Å²) in [5.41, 5.74) is -0.116. The summed E-state index contributed by atoms with van der Waals surface area (Å²) in [4.78, 5) is 37.9. The van der Waals surface area contributed by atoms with Gasteiger partial charge in [-0.3, -0.25) is 14.4 Å². The van der Waals surface area contributed by atoms with Gasteiger partial charge in [0.2, 0.25) is 0 Å². The Morgan fingerprint density at radius 1 is 1.35 bits per heavy atom. The minimum Gasteiger partial charge on any atom is -0.468 e. The van der Waals surface area contributed by atoms with Gasteiger partial charge in [-0.25, -0.2) is 0 Å². The third-order valence-corrected chi connectivity index (χ3v) is 6.00. The smallest absolute Gasteiger partial charge is 0.319 e. The van der Waals surface area contributed by atoms with Crippen LogP contribution < -0.4 is 0 Å². The molecule has 0 radical (unpaired) electrons. The van der Waals surface area contributed by atoms with E-state index < -0.39 is 16.8 Å². The average Bonchev–Trinajstić information content (AvgIpc) is 2.81. The molecule has 0 heterocycles. The molecule has 2 atom stereocenters. The molecular formula is C18H19BrO4. The normalized spacial score (nSPS) is 29.7. The van der Waals surface area contributed by atoms with E-state index >= 15 is 0 Å². The summed E-state index contributed by atoms with van der Waals surface area (Å²) in [6.07, 6.45) is 1.99. The van der Waals surface area contributed by atoms with Crippen molar-refractivity contribution in [2.75, 3.05) is 7.11 Å². The molecule has 1 fully saturated rings. The number of Topliss-reactive ketones (excluding diaryl/α,β-unsaturated/α-hetero) is 2. The predicted octanol–water partition coefficient (Wildman–Crippen LogP) is 3.50. The Kier molecular flexibility index (Phi) is 3.95. The minimum absolute atomic E-state index is 0.0584. The molecule has 122 valence electrons. The Morgan fingerprint density at radius 3 is 2.74 bits per heavy atom. The van der Waals surface area contributed by atoms with Crippen LogP contribution in [-0.2, 0) is 20.7 Å². The molecule has 0 saturated heterocycles. The van der Waals surface area contributed by atoms with E-state index in [2.05, 4.69) is 15.9 Å². The number of carbonyl (C=O) groups excluding carboxylic acids is 3. The second-order valence-corrected chi connectivity index (χ2v) is 7.53. The summed E-state index contributed by atoms with van der Waals surface area (Å²) in [7, 11) is 1.30. The molecular weight excluding hydrogens is 360 g/mol. The van der Waals surface area contributed by atoms with Crippen molar-refractivity contribution in [3.8, 4) is 0 Å². The van der Waals surface area contributed by atoms with Crippen LogP contribution in [0.3, 0.4) is 0 Å². The van der Waals surface area contributed by atoms with Crippen LogP contribution in [-0.4, -0.2) is 24.6 Å². The molecule has 0 bridgehead atoms. The van der Waals surface area contributed by atoms with Crippen molar-refractivity contribution in [1.82, 2.24) is 0 Å². The van der Waals surface area contributed by atoms with Gasteiger partial charge in [-0.05, 0) is 43.4 Å². The van der Waals surface area contributed by atoms with E-state index in [0.717, 1.165) is 10.0 Å². The van der Waals surface area contributed by atoms with E-state index in [1.807, 2.05) is 25.1 Å². The van der Waals surface area contributed by atoms with Gasteiger partial charge in [0.1, 0.15) is 11.2 Å². The lowest BCUT2D eigenvalue weighted by Gasteiger charge is -2.42. The molecule has 23 heavy (non-hydrogen) atoms. The van der Waals surface area contributed by atoms with Crippen LogP contribution in [0.1, 0.15) is 48.5 Å². The predicted molar refractivity (Wildman–Crippen MR) is 88.2 cm³/mol. The van der Waals surface area contributed by atoms with Crippen LogP contribution in [0.5, 0.6) is 0 Å². The highest BCUT2D eigenvalue weighted by Crippen LogP contribution is 2.53. The molecule has 5 heteroatoms. The quantitative estimate of drug-likeness (QED) is 0.583. The number of hydrogen-bond acceptors (Lipinski definition) is 4. The van der Waals surface area contributed by atoms with Crippen molar-refractivity contribution < 1.29 is 19.1 Å². The highest BCUT2D eigenvalue weighted by molar-refractivity contribution is 9.10. The Bertz CT molecular complexity index is 701. The van der Waals surface area contributed by atoms with Crippen LogP contribution >= 0.6 is 15.9 Å². The summed E-state index contributed by atoms with van der Waals surface area (Å²) in [6.45, 7) is 1.82. The lowest BCUT2D eigenvalue weighted by Crippen LogP contribution is -2.50. The SMILES string of the molecule is CCC1(C(=O)OC)C[C@@]2(CCC1=O)Cc1ccc(Br)cc1C2=O. The Morgan fingerprint density at radius 2 is 2.09 bits per heavy atom. The molecule has 1 spiro atoms. The largest absolute Gasteiger partial charge is 0.468 e. The van der Waals surface area contributed by atoms with Crippen LogP contribution in [0.25, 0.3) is 0 Å². The summed E-state index contributed by atoms with van der Waals surface area (Å²) in [5, 5.41) is 0. The highest BCUT2D eigenvalue weighted by Gasteiger charge is 2.58. The first-order chi connectivity index (χ1) is 10.9. The minimum atomic E-state index is -1.18. The van der Waals surface area contributed by atoms with Crippen LogP contribution in [0.4, 0.5) is 0 Å². The van der Waals surface area contributed by atoms with E-state index in [0.29, 0.717) is 24.8 Å². The van der Waals surface area contributed by atoms with Crippen LogP contribution in [0.15, 0.2) is 22.7 Å². The van der Waals surface area contributed by atoms with E-state index in [4.69, 9.17) is 4.74 Å². The zero-order valence-corrected chi connectivity index (χ0v) is 14.9. The standard InChI is InChI=1S/C18H19BrO4/c1-3-18(16(22)23-2)10-17(7-6-14(18)20)9-11-4-5-12(19)8-13(11)15(17)21/h4-5,8H,3,6-7,9-10H2,1-2H3/t17-,18?/m1/s1. The molecule has 3 rings (SSSR count).